The summed E-state index contributed by atoms with van der Waals surface area (Å²) >= 11 is 0. The van der Waals surface area contributed by atoms with Crippen molar-refractivity contribution in [1.29, 1.82) is 0 Å². The van der Waals surface area contributed by atoms with E-state index in [0.29, 0.717) is 19.6 Å². The molecule has 0 heterocycles. The number of carbonyl (C=O) groups excluding carboxylic acids is 3. The lowest BCUT2D eigenvalue weighted by atomic mass is 10.2. The van der Waals surface area contributed by atoms with Crippen LogP contribution in [-0.2, 0) is 0 Å². The Kier molecular flexibility index (Phi) is 9.86. The van der Waals surface area contributed by atoms with Gasteiger partial charge in [0, 0.05) is 39.3 Å². The lowest BCUT2D eigenvalue weighted by Crippen LogP contribution is -2.43. The second kappa shape index (κ2) is 13.5. The lowest BCUT2D eigenvalue weighted by molar-refractivity contribution is 0.0945. The molecule has 10 heteroatoms. The van der Waals surface area contributed by atoms with Crippen LogP contribution in [0.3, 0.4) is 0 Å². The maximum atomic E-state index is 12.4. The summed E-state index contributed by atoms with van der Waals surface area (Å²) in [5, 5.41) is 37.9. The summed E-state index contributed by atoms with van der Waals surface area (Å²) in [6.07, 6.45) is 0. The van der Waals surface area contributed by atoms with Gasteiger partial charge in [0.05, 0.1) is 16.7 Å². The molecule has 0 aliphatic rings. The number of amides is 3. The molecule has 0 aliphatic carbocycles. The molecule has 10 nitrogen and oxygen atoms in total. The molecule has 0 aromatic heterocycles. The number of hydrogen-bond donors (Lipinski definition) is 6. The van der Waals surface area contributed by atoms with E-state index in [1.165, 1.54) is 36.4 Å². The van der Waals surface area contributed by atoms with E-state index in [9.17, 15) is 29.7 Å². The normalized spacial score (nSPS) is 10.6. The number of benzene rings is 3. The number of carbonyl (C=O) groups is 3. The van der Waals surface area contributed by atoms with E-state index in [0.717, 1.165) is 0 Å². The van der Waals surface area contributed by atoms with Crippen molar-refractivity contribution in [3.63, 3.8) is 0 Å². The highest BCUT2D eigenvalue weighted by atomic mass is 16.3. The highest BCUT2D eigenvalue weighted by Gasteiger charge is 2.14. The number of nitrogens with one attached hydrogen (secondary N) is 3. The minimum Gasteiger partial charge on any atom is -0.507 e. The van der Waals surface area contributed by atoms with E-state index >= 15 is 0 Å². The summed E-state index contributed by atoms with van der Waals surface area (Å²) in [5.74, 6) is -1.60. The van der Waals surface area contributed by atoms with Crippen molar-refractivity contribution in [2.45, 2.75) is 0 Å². The van der Waals surface area contributed by atoms with Crippen molar-refractivity contribution >= 4 is 17.7 Å². The third-order valence-electron chi connectivity index (χ3n) is 5.59. The molecule has 3 rings (SSSR count). The fourth-order valence-electron chi connectivity index (χ4n) is 3.60. The Labute approximate surface area is 214 Å². The van der Waals surface area contributed by atoms with Crippen LogP contribution in [0, 0.1) is 0 Å². The zero-order valence-corrected chi connectivity index (χ0v) is 20.2. The molecule has 37 heavy (non-hydrogen) atoms. The van der Waals surface area contributed by atoms with Gasteiger partial charge in [-0.1, -0.05) is 36.4 Å². The predicted octanol–water partition coefficient (Wildman–Crippen LogP) is 1.70. The molecule has 0 bridgehead atoms. The Hall–Kier alpha value is -4.57. The summed E-state index contributed by atoms with van der Waals surface area (Å²) in [7, 11) is 0. The van der Waals surface area contributed by atoms with Gasteiger partial charge in [-0.15, -0.1) is 0 Å². The quantitative estimate of drug-likeness (QED) is 0.219. The summed E-state index contributed by atoms with van der Waals surface area (Å²) in [5.41, 5.74) is 0.497. The zero-order valence-electron chi connectivity index (χ0n) is 20.2. The number of phenols is 3. The molecular formula is C27H30N4O6. The van der Waals surface area contributed by atoms with Gasteiger partial charge in [0.2, 0.25) is 0 Å². The van der Waals surface area contributed by atoms with Crippen molar-refractivity contribution < 1.29 is 29.7 Å². The summed E-state index contributed by atoms with van der Waals surface area (Å²) in [4.78, 5) is 39.1. The van der Waals surface area contributed by atoms with Gasteiger partial charge in [0.15, 0.2) is 0 Å². The molecule has 194 valence electrons. The molecule has 6 N–H and O–H groups in total. The topological polar surface area (TPSA) is 151 Å². The van der Waals surface area contributed by atoms with Crippen molar-refractivity contribution in [3.8, 4) is 17.2 Å². The van der Waals surface area contributed by atoms with Crippen LogP contribution in [-0.4, -0.2) is 77.2 Å². The van der Waals surface area contributed by atoms with Crippen LogP contribution in [0.15, 0.2) is 72.8 Å². The minimum atomic E-state index is -0.418. The third-order valence-corrected chi connectivity index (χ3v) is 5.59. The van der Waals surface area contributed by atoms with Crippen LogP contribution < -0.4 is 16.0 Å². The molecule has 3 aromatic rings. The van der Waals surface area contributed by atoms with Crippen LogP contribution in [0.1, 0.15) is 31.1 Å². The highest BCUT2D eigenvalue weighted by Crippen LogP contribution is 2.16. The molecule has 0 aliphatic heterocycles. The number of aromatic hydroxyl groups is 3. The van der Waals surface area contributed by atoms with E-state index in [1.54, 1.807) is 36.4 Å². The molecule has 0 fully saturated rings. The van der Waals surface area contributed by atoms with E-state index in [1.807, 2.05) is 4.90 Å². The van der Waals surface area contributed by atoms with E-state index in [2.05, 4.69) is 16.0 Å². The average Bonchev–Trinajstić information content (AvgIpc) is 2.89. The Morgan fingerprint density at radius 3 is 1.05 bits per heavy atom. The van der Waals surface area contributed by atoms with Crippen molar-refractivity contribution in [3.05, 3.63) is 89.5 Å². The van der Waals surface area contributed by atoms with E-state index in [-0.39, 0.29) is 53.6 Å². The molecule has 0 atom stereocenters. The number of para-hydroxylation sites is 3. The van der Waals surface area contributed by atoms with Gasteiger partial charge in [0.25, 0.3) is 17.7 Å². The van der Waals surface area contributed by atoms with Crippen molar-refractivity contribution in [1.82, 2.24) is 20.9 Å². The third kappa shape index (κ3) is 7.97. The van der Waals surface area contributed by atoms with E-state index < -0.39 is 17.7 Å². The lowest BCUT2D eigenvalue weighted by Gasteiger charge is -2.23. The summed E-state index contributed by atoms with van der Waals surface area (Å²) < 4.78 is 0. The summed E-state index contributed by atoms with van der Waals surface area (Å²) in [6, 6.07) is 18.7. The maximum absolute atomic E-state index is 12.4. The largest absolute Gasteiger partial charge is 0.507 e. The van der Waals surface area contributed by atoms with Crippen LogP contribution >= 0.6 is 0 Å². The zero-order chi connectivity index (χ0) is 26.6. The fourth-order valence-corrected chi connectivity index (χ4v) is 3.60. The highest BCUT2D eigenvalue weighted by molar-refractivity contribution is 5.97. The predicted molar refractivity (Wildman–Crippen MR) is 138 cm³/mol. The Balaban J connectivity index is 1.53. The van der Waals surface area contributed by atoms with Gasteiger partial charge in [-0.2, -0.15) is 0 Å². The summed E-state index contributed by atoms with van der Waals surface area (Å²) in [6.45, 7) is 1.98. The maximum Gasteiger partial charge on any atom is 0.255 e. The monoisotopic (exact) mass is 506 g/mol. The Bertz CT molecular complexity index is 1080. The Morgan fingerprint density at radius 2 is 0.784 bits per heavy atom. The van der Waals surface area contributed by atoms with Gasteiger partial charge in [-0.25, -0.2) is 0 Å². The first-order valence-corrected chi connectivity index (χ1v) is 11.8. The van der Waals surface area contributed by atoms with Crippen LogP contribution in [0.25, 0.3) is 0 Å². The fraction of sp³-hybridized carbons (Fsp3) is 0.222. The minimum absolute atomic E-state index is 0.115. The Morgan fingerprint density at radius 1 is 0.514 bits per heavy atom. The smallest absolute Gasteiger partial charge is 0.255 e. The standard InChI is InChI=1S/C27H30N4O6/c32-22-10-4-1-7-19(22)25(35)28-13-16-31(17-14-29-26(36)20-8-2-5-11-23(20)33)18-15-30-27(37)21-9-3-6-12-24(21)34/h1-12,32-34H,13-18H2,(H,28,35)(H,29,36)(H,30,37). The average molecular weight is 507 g/mol. The van der Waals surface area contributed by atoms with Crippen molar-refractivity contribution in [2.24, 2.45) is 0 Å². The van der Waals surface area contributed by atoms with Gasteiger partial charge in [-0.3, -0.25) is 19.3 Å². The SMILES string of the molecule is O=C(NCCN(CCNC(=O)c1ccccc1O)CCNC(=O)c1ccccc1O)c1ccccc1O. The van der Waals surface area contributed by atoms with Gasteiger partial charge in [-0.05, 0) is 36.4 Å². The van der Waals surface area contributed by atoms with Crippen LogP contribution in [0.2, 0.25) is 0 Å². The molecule has 0 saturated heterocycles. The number of nitrogens with zero attached hydrogens (tertiary/aromatic N) is 1. The van der Waals surface area contributed by atoms with E-state index in [4.69, 9.17) is 0 Å². The molecule has 3 amide bonds. The molecular weight excluding hydrogens is 476 g/mol. The second-order valence-electron chi connectivity index (χ2n) is 8.16. The number of phenolic OH excluding ortho intramolecular Hbond substituents is 3. The van der Waals surface area contributed by atoms with Gasteiger partial charge >= 0.3 is 0 Å². The number of hydrogen-bond acceptors (Lipinski definition) is 7. The van der Waals surface area contributed by atoms with Gasteiger partial charge < -0.3 is 31.3 Å². The first kappa shape index (κ1) is 27.0. The molecule has 0 unspecified atom stereocenters. The number of rotatable bonds is 12. The molecule has 3 aromatic carbocycles. The van der Waals surface area contributed by atoms with Crippen molar-refractivity contribution in [2.75, 3.05) is 39.3 Å². The second-order valence-corrected chi connectivity index (χ2v) is 8.16. The molecule has 0 radical (unpaired) electrons. The molecule has 0 spiro atoms. The van der Waals surface area contributed by atoms with Crippen LogP contribution in [0.4, 0.5) is 0 Å². The van der Waals surface area contributed by atoms with Crippen LogP contribution in [0.5, 0.6) is 17.2 Å². The first-order valence-electron chi connectivity index (χ1n) is 11.8. The van der Waals surface area contributed by atoms with Gasteiger partial charge in [0.1, 0.15) is 17.2 Å². The molecule has 0 saturated carbocycles. The first-order chi connectivity index (χ1) is 17.9.